The number of hydrogen-bond acceptors (Lipinski definition) is 5. The Morgan fingerprint density at radius 2 is 1.95 bits per heavy atom. The Bertz CT molecular complexity index is 551. The summed E-state index contributed by atoms with van der Waals surface area (Å²) in [5, 5.41) is 13.9. The largest absolute Gasteiger partial charge is 0.368 e. The van der Waals surface area contributed by atoms with Crippen molar-refractivity contribution in [3.05, 3.63) is 34.4 Å². The third-order valence-electron chi connectivity index (χ3n) is 4.13. The SMILES string of the molecule is O=C(C1CNC1)N1CCN(c2cccc([N+](=O)[O-])c2)CC1. The van der Waals surface area contributed by atoms with E-state index in [0.717, 1.165) is 18.8 Å². The Morgan fingerprint density at radius 1 is 1.24 bits per heavy atom. The Labute approximate surface area is 122 Å². The molecule has 2 aliphatic heterocycles. The predicted molar refractivity (Wildman–Crippen MR) is 78.2 cm³/mol. The van der Waals surface area contributed by atoms with Crippen LogP contribution in [-0.2, 0) is 4.79 Å². The average Bonchev–Trinajstić information content (AvgIpc) is 2.46. The standard InChI is InChI=1S/C14H18N4O3/c19-14(11-9-15-10-11)17-6-4-16(5-7-17)12-2-1-3-13(8-12)18(20)21/h1-3,8,11,15H,4-7,9-10H2. The number of carbonyl (C=O) groups is 1. The van der Waals surface area contributed by atoms with E-state index in [4.69, 9.17) is 0 Å². The highest BCUT2D eigenvalue weighted by Gasteiger charge is 2.31. The molecule has 0 aliphatic carbocycles. The number of non-ortho nitro benzene ring substituents is 1. The first kappa shape index (κ1) is 13.8. The lowest BCUT2D eigenvalue weighted by Gasteiger charge is -2.39. The first-order valence-electron chi connectivity index (χ1n) is 7.14. The molecule has 2 heterocycles. The summed E-state index contributed by atoms with van der Waals surface area (Å²) >= 11 is 0. The maximum absolute atomic E-state index is 12.1. The number of amides is 1. The molecule has 21 heavy (non-hydrogen) atoms. The van der Waals surface area contributed by atoms with Crippen molar-refractivity contribution >= 4 is 17.3 Å². The van der Waals surface area contributed by atoms with Crippen molar-refractivity contribution in [2.75, 3.05) is 44.2 Å². The molecule has 112 valence electrons. The van der Waals surface area contributed by atoms with Crippen molar-refractivity contribution < 1.29 is 9.72 Å². The number of nitrogens with zero attached hydrogens (tertiary/aromatic N) is 3. The minimum Gasteiger partial charge on any atom is -0.368 e. The first-order valence-corrected chi connectivity index (χ1v) is 7.14. The van der Waals surface area contributed by atoms with Gasteiger partial charge in [0.05, 0.1) is 10.8 Å². The number of hydrogen-bond donors (Lipinski definition) is 1. The van der Waals surface area contributed by atoms with Crippen molar-refractivity contribution in [3.63, 3.8) is 0 Å². The Hall–Kier alpha value is -2.15. The van der Waals surface area contributed by atoms with Crippen LogP contribution < -0.4 is 10.2 Å². The van der Waals surface area contributed by atoms with Gasteiger partial charge in [0.2, 0.25) is 5.91 Å². The molecule has 1 N–H and O–H groups in total. The van der Waals surface area contributed by atoms with Gasteiger partial charge >= 0.3 is 0 Å². The van der Waals surface area contributed by atoms with Gasteiger partial charge in [0.25, 0.3) is 5.69 Å². The summed E-state index contributed by atoms with van der Waals surface area (Å²) in [6.45, 7) is 4.35. The molecule has 0 bridgehead atoms. The first-order chi connectivity index (χ1) is 10.1. The average molecular weight is 290 g/mol. The summed E-state index contributed by atoms with van der Waals surface area (Å²) in [7, 11) is 0. The second-order valence-corrected chi connectivity index (χ2v) is 5.44. The molecule has 2 aliphatic rings. The maximum atomic E-state index is 12.1. The Morgan fingerprint density at radius 3 is 2.52 bits per heavy atom. The number of rotatable bonds is 3. The lowest BCUT2D eigenvalue weighted by atomic mass is 10.0. The quantitative estimate of drug-likeness (QED) is 0.646. The lowest BCUT2D eigenvalue weighted by molar-refractivity contribution is -0.384. The van der Waals surface area contributed by atoms with E-state index >= 15 is 0 Å². The topological polar surface area (TPSA) is 78.7 Å². The monoisotopic (exact) mass is 290 g/mol. The van der Waals surface area contributed by atoms with E-state index in [9.17, 15) is 14.9 Å². The molecule has 0 radical (unpaired) electrons. The van der Waals surface area contributed by atoms with Crippen LogP contribution in [0.25, 0.3) is 0 Å². The summed E-state index contributed by atoms with van der Waals surface area (Å²) in [6, 6.07) is 6.66. The van der Waals surface area contributed by atoms with Gasteiger partial charge in [0.15, 0.2) is 0 Å². The normalized spacial score (nSPS) is 19.2. The van der Waals surface area contributed by atoms with Crippen LogP contribution in [0.4, 0.5) is 11.4 Å². The summed E-state index contributed by atoms with van der Waals surface area (Å²) in [6.07, 6.45) is 0. The molecule has 7 nitrogen and oxygen atoms in total. The van der Waals surface area contributed by atoms with Crippen LogP contribution in [0.1, 0.15) is 0 Å². The number of nitro groups is 1. The number of anilines is 1. The van der Waals surface area contributed by atoms with Crippen LogP contribution in [0.2, 0.25) is 0 Å². The highest BCUT2D eigenvalue weighted by molar-refractivity contribution is 5.80. The van der Waals surface area contributed by atoms with E-state index in [2.05, 4.69) is 10.2 Å². The summed E-state index contributed by atoms with van der Waals surface area (Å²) < 4.78 is 0. The van der Waals surface area contributed by atoms with Gasteiger partial charge in [0.1, 0.15) is 0 Å². The highest BCUT2D eigenvalue weighted by Crippen LogP contribution is 2.22. The number of nitrogens with one attached hydrogen (secondary N) is 1. The van der Waals surface area contributed by atoms with E-state index < -0.39 is 0 Å². The minimum atomic E-state index is -0.382. The van der Waals surface area contributed by atoms with Crippen molar-refractivity contribution in [2.24, 2.45) is 5.92 Å². The molecular weight excluding hydrogens is 272 g/mol. The molecule has 2 saturated heterocycles. The van der Waals surface area contributed by atoms with Gasteiger partial charge in [-0.3, -0.25) is 14.9 Å². The third kappa shape index (κ3) is 2.82. The zero-order chi connectivity index (χ0) is 14.8. The lowest BCUT2D eigenvalue weighted by Crippen LogP contribution is -2.56. The molecule has 1 aromatic carbocycles. The van der Waals surface area contributed by atoms with Crippen LogP contribution in [-0.4, -0.2) is 55.0 Å². The zero-order valence-corrected chi connectivity index (χ0v) is 11.7. The molecule has 0 atom stereocenters. The summed E-state index contributed by atoms with van der Waals surface area (Å²) in [4.78, 5) is 26.6. The van der Waals surface area contributed by atoms with Gasteiger partial charge in [-0.1, -0.05) is 6.07 Å². The van der Waals surface area contributed by atoms with E-state index in [1.165, 1.54) is 6.07 Å². The van der Waals surface area contributed by atoms with Crippen LogP contribution in [0.5, 0.6) is 0 Å². The van der Waals surface area contributed by atoms with Gasteiger partial charge in [-0.2, -0.15) is 0 Å². The highest BCUT2D eigenvalue weighted by atomic mass is 16.6. The number of benzene rings is 1. The van der Waals surface area contributed by atoms with Gasteiger partial charge in [0, 0.05) is 57.1 Å². The molecule has 0 saturated carbocycles. The fraction of sp³-hybridized carbons (Fsp3) is 0.500. The van der Waals surface area contributed by atoms with Crippen molar-refractivity contribution in [1.29, 1.82) is 0 Å². The van der Waals surface area contributed by atoms with E-state index in [0.29, 0.717) is 26.2 Å². The summed E-state index contributed by atoms with van der Waals surface area (Å²) in [5.74, 6) is 0.363. The third-order valence-corrected chi connectivity index (χ3v) is 4.13. The van der Waals surface area contributed by atoms with Crippen molar-refractivity contribution in [3.8, 4) is 0 Å². The van der Waals surface area contributed by atoms with Gasteiger partial charge in [-0.05, 0) is 6.07 Å². The Balaban J connectivity index is 1.61. The predicted octanol–water partition coefficient (Wildman–Crippen LogP) is 0.463. The van der Waals surface area contributed by atoms with Crippen LogP contribution in [0.15, 0.2) is 24.3 Å². The van der Waals surface area contributed by atoms with Gasteiger partial charge in [-0.15, -0.1) is 0 Å². The zero-order valence-electron chi connectivity index (χ0n) is 11.7. The molecule has 0 spiro atoms. The second-order valence-electron chi connectivity index (χ2n) is 5.44. The van der Waals surface area contributed by atoms with E-state index in [-0.39, 0.29) is 22.4 Å². The minimum absolute atomic E-state index is 0.103. The molecule has 0 unspecified atom stereocenters. The van der Waals surface area contributed by atoms with Crippen molar-refractivity contribution in [2.45, 2.75) is 0 Å². The fourth-order valence-corrected chi connectivity index (χ4v) is 2.71. The molecule has 0 aromatic heterocycles. The van der Waals surface area contributed by atoms with E-state index in [1.807, 2.05) is 11.0 Å². The van der Waals surface area contributed by atoms with Crippen LogP contribution >= 0.6 is 0 Å². The fourth-order valence-electron chi connectivity index (χ4n) is 2.71. The molecule has 1 aromatic rings. The maximum Gasteiger partial charge on any atom is 0.271 e. The van der Waals surface area contributed by atoms with E-state index in [1.54, 1.807) is 12.1 Å². The Kier molecular flexibility index (Phi) is 3.74. The van der Waals surface area contributed by atoms with Gasteiger partial charge in [-0.25, -0.2) is 0 Å². The molecule has 2 fully saturated rings. The molecule has 3 rings (SSSR count). The summed E-state index contributed by atoms with van der Waals surface area (Å²) in [5.41, 5.74) is 0.952. The molecule has 1 amide bonds. The number of nitro benzene ring substituents is 1. The number of carbonyl (C=O) groups excluding carboxylic acids is 1. The second kappa shape index (κ2) is 5.69. The smallest absolute Gasteiger partial charge is 0.271 e. The van der Waals surface area contributed by atoms with Crippen LogP contribution in [0.3, 0.4) is 0 Å². The number of piperazine rings is 1. The van der Waals surface area contributed by atoms with Gasteiger partial charge < -0.3 is 15.1 Å². The molecular formula is C14H18N4O3. The van der Waals surface area contributed by atoms with Crippen LogP contribution in [0, 0.1) is 16.0 Å². The molecule has 7 heteroatoms. The van der Waals surface area contributed by atoms with Crippen molar-refractivity contribution in [1.82, 2.24) is 10.2 Å².